The van der Waals surface area contributed by atoms with E-state index in [1.54, 1.807) is 54.6 Å². The molecule has 0 unspecified atom stereocenters. The molecule has 0 aliphatic rings. The number of nitrogens with zero attached hydrogens (tertiary/aromatic N) is 1. The number of esters is 1. The molecule has 0 saturated carbocycles. The average Bonchev–Trinajstić information content (AvgIpc) is 2.88. The van der Waals surface area contributed by atoms with Crippen molar-refractivity contribution < 1.29 is 19.1 Å². The highest BCUT2D eigenvalue weighted by molar-refractivity contribution is 9.10. The number of amides is 2. The van der Waals surface area contributed by atoms with Crippen molar-refractivity contribution in [2.45, 2.75) is 0 Å². The van der Waals surface area contributed by atoms with Crippen molar-refractivity contribution >= 4 is 50.7 Å². The molecule has 0 radical (unpaired) electrons. The summed E-state index contributed by atoms with van der Waals surface area (Å²) in [4.78, 5) is 36.8. The molecule has 0 fully saturated rings. The van der Waals surface area contributed by atoms with E-state index in [1.165, 1.54) is 6.21 Å². The van der Waals surface area contributed by atoms with Gasteiger partial charge in [-0.15, -0.1) is 0 Å². The molecular formula is C27H20BrN3O4. The van der Waals surface area contributed by atoms with Crippen LogP contribution in [0.5, 0.6) is 5.75 Å². The van der Waals surface area contributed by atoms with Crippen molar-refractivity contribution in [1.82, 2.24) is 10.7 Å². The molecule has 0 atom stereocenters. The fourth-order valence-corrected chi connectivity index (χ4v) is 3.70. The Kier molecular flexibility index (Phi) is 7.64. The van der Waals surface area contributed by atoms with Gasteiger partial charge in [0.15, 0.2) is 0 Å². The van der Waals surface area contributed by atoms with Gasteiger partial charge in [0.2, 0.25) is 0 Å². The Labute approximate surface area is 209 Å². The van der Waals surface area contributed by atoms with Crippen molar-refractivity contribution in [3.05, 3.63) is 112 Å². The summed E-state index contributed by atoms with van der Waals surface area (Å²) in [5, 5.41) is 8.27. The Morgan fingerprint density at radius 1 is 0.886 bits per heavy atom. The summed E-state index contributed by atoms with van der Waals surface area (Å²) in [5.41, 5.74) is 3.99. The predicted molar refractivity (Wildman–Crippen MR) is 138 cm³/mol. The molecule has 0 aliphatic carbocycles. The van der Waals surface area contributed by atoms with Gasteiger partial charge >= 0.3 is 5.97 Å². The van der Waals surface area contributed by atoms with Crippen LogP contribution in [0.25, 0.3) is 10.8 Å². The first-order valence-electron chi connectivity index (χ1n) is 10.7. The minimum Gasteiger partial charge on any atom is -0.423 e. The Morgan fingerprint density at radius 2 is 1.63 bits per heavy atom. The Morgan fingerprint density at radius 3 is 2.43 bits per heavy atom. The van der Waals surface area contributed by atoms with Crippen LogP contribution in [0.4, 0.5) is 0 Å². The number of rotatable bonds is 7. The minimum absolute atomic E-state index is 0.218. The standard InChI is InChI=1S/C27H20BrN3O4/c28-21-8-3-7-20(15-21)27(34)35-22-13-11-18(12-14-22)16-30-31-25(32)17-29-26(33)24-10-4-6-19-5-1-2-9-23(19)24/h1-16H,17H2,(H,29,33)(H,31,32)/b30-16-. The highest BCUT2D eigenvalue weighted by Crippen LogP contribution is 2.18. The molecule has 4 rings (SSSR count). The molecule has 0 bridgehead atoms. The molecule has 0 spiro atoms. The van der Waals surface area contributed by atoms with Crippen LogP contribution in [0, 0.1) is 0 Å². The molecule has 35 heavy (non-hydrogen) atoms. The van der Waals surface area contributed by atoms with E-state index in [0.717, 1.165) is 15.2 Å². The van der Waals surface area contributed by atoms with Crippen LogP contribution in [0.15, 0.2) is 101 Å². The van der Waals surface area contributed by atoms with Crippen molar-refractivity contribution in [2.75, 3.05) is 6.54 Å². The van der Waals surface area contributed by atoms with Crippen LogP contribution in [-0.2, 0) is 4.79 Å². The number of benzene rings is 4. The van der Waals surface area contributed by atoms with E-state index in [9.17, 15) is 14.4 Å². The summed E-state index contributed by atoms with van der Waals surface area (Å²) < 4.78 is 6.14. The van der Waals surface area contributed by atoms with Crippen LogP contribution in [0.1, 0.15) is 26.3 Å². The van der Waals surface area contributed by atoms with Crippen molar-refractivity contribution in [1.29, 1.82) is 0 Å². The zero-order valence-electron chi connectivity index (χ0n) is 18.4. The summed E-state index contributed by atoms with van der Waals surface area (Å²) in [6, 6.07) is 26.6. The second kappa shape index (κ2) is 11.2. The molecule has 0 aliphatic heterocycles. The number of hydrogen-bond acceptors (Lipinski definition) is 5. The third-order valence-electron chi connectivity index (χ3n) is 5.00. The molecule has 2 amide bonds. The summed E-state index contributed by atoms with van der Waals surface area (Å²) in [7, 11) is 0. The molecule has 0 saturated heterocycles. The number of fused-ring (bicyclic) bond motifs is 1. The fourth-order valence-electron chi connectivity index (χ4n) is 3.30. The molecule has 2 N–H and O–H groups in total. The van der Waals surface area contributed by atoms with Gasteiger partial charge in [0, 0.05) is 10.0 Å². The zero-order valence-corrected chi connectivity index (χ0v) is 20.0. The van der Waals surface area contributed by atoms with E-state index in [2.05, 4.69) is 31.8 Å². The fraction of sp³-hybridized carbons (Fsp3) is 0.0370. The predicted octanol–water partition coefficient (Wildman–Crippen LogP) is 4.70. The number of ether oxygens (including phenoxy) is 1. The van der Waals surface area contributed by atoms with Crippen molar-refractivity contribution in [3.8, 4) is 5.75 Å². The number of carbonyl (C=O) groups is 3. The third-order valence-corrected chi connectivity index (χ3v) is 5.49. The van der Waals surface area contributed by atoms with Gasteiger partial charge < -0.3 is 10.1 Å². The SMILES string of the molecule is O=C(CNC(=O)c1cccc2ccccc12)N/N=C\c1ccc(OC(=O)c2cccc(Br)c2)cc1. The normalized spacial score (nSPS) is 10.8. The summed E-state index contributed by atoms with van der Waals surface area (Å²) >= 11 is 3.32. The van der Waals surface area contributed by atoms with E-state index in [0.29, 0.717) is 22.4 Å². The number of hydrogen-bond donors (Lipinski definition) is 2. The van der Waals surface area contributed by atoms with Crippen LogP contribution in [0.3, 0.4) is 0 Å². The number of halogens is 1. The summed E-state index contributed by atoms with van der Waals surface area (Å²) in [6.45, 7) is -0.218. The first-order chi connectivity index (χ1) is 17.0. The van der Waals surface area contributed by atoms with E-state index in [1.807, 2.05) is 36.4 Å². The Bertz CT molecular complexity index is 1410. The maximum absolute atomic E-state index is 12.5. The van der Waals surface area contributed by atoms with Gasteiger partial charge in [-0.05, 0) is 64.9 Å². The second-order valence-electron chi connectivity index (χ2n) is 7.47. The Balaban J connectivity index is 1.26. The first-order valence-corrected chi connectivity index (χ1v) is 11.4. The van der Waals surface area contributed by atoms with Crippen molar-refractivity contribution in [2.24, 2.45) is 5.10 Å². The average molecular weight is 530 g/mol. The molecule has 7 nitrogen and oxygen atoms in total. The molecule has 8 heteroatoms. The van der Waals surface area contributed by atoms with Gasteiger partial charge in [-0.25, -0.2) is 10.2 Å². The molecule has 174 valence electrons. The molecule has 4 aromatic rings. The molecular weight excluding hydrogens is 510 g/mol. The smallest absolute Gasteiger partial charge is 0.343 e. The Hall–Kier alpha value is -4.30. The monoisotopic (exact) mass is 529 g/mol. The highest BCUT2D eigenvalue weighted by Gasteiger charge is 2.11. The van der Waals surface area contributed by atoms with Gasteiger partial charge in [0.1, 0.15) is 5.75 Å². The van der Waals surface area contributed by atoms with E-state index >= 15 is 0 Å². The third kappa shape index (κ3) is 6.39. The molecule has 0 aromatic heterocycles. The lowest BCUT2D eigenvalue weighted by Gasteiger charge is -2.07. The number of carbonyl (C=O) groups excluding carboxylic acids is 3. The van der Waals surface area contributed by atoms with Crippen LogP contribution < -0.4 is 15.5 Å². The second-order valence-corrected chi connectivity index (χ2v) is 8.39. The van der Waals surface area contributed by atoms with E-state index in [4.69, 9.17) is 4.74 Å². The lowest BCUT2D eigenvalue weighted by atomic mass is 10.0. The van der Waals surface area contributed by atoms with E-state index in [-0.39, 0.29) is 12.5 Å². The van der Waals surface area contributed by atoms with Gasteiger partial charge in [0.25, 0.3) is 11.8 Å². The zero-order chi connectivity index (χ0) is 24.6. The topological polar surface area (TPSA) is 96.9 Å². The van der Waals surface area contributed by atoms with E-state index < -0.39 is 11.9 Å². The summed E-state index contributed by atoms with van der Waals surface area (Å²) in [6.07, 6.45) is 1.45. The lowest BCUT2D eigenvalue weighted by Crippen LogP contribution is -2.35. The van der Waals surface area contributed by atoms with Gasteiger partial charge in [0.05, 0.1) is 18.3 Å². The van der Waals surface area contributed by atoms with Gasteiger partial charge in [-0.1, -0.05) is 58.4 Å². The molecule has 0 heterocycles. The van der Waals surface area contributed by atoms with Crippen LogP contribution >= 0.6 is 15.9 Å². The number of nitrogens with one attached hydrogen (secondary N) is 2. The largest absolute Gasteiger partial charge is 0.423 e. The quantitative estimate of drug-likeness (QED) is 0.157. The highest BCUT2D eigenvalue weighted by atomic mass is 79.9. The maximum atomic E-state index is 12.5. The van der Waals surface area contributed by atoms with Gasteiger partial charge in [-0.2, -0.15) is 5.10 Å². The maximum Gasteiger partial charge on any atom is 0.343 e. The lowest BCUT2D eigenvalue weighted by molar-refractivity contribution is -0.120. The van der Waals surface area contributed by atoms with Crippen LogP contribution in [0.2, 0.25) is 0 Å². The minimum atomic E-state index is -0.467. The number of hydrazone groups is 1. The molecule has 4 aromatic carbocycles. The van der Waals surface area contributed by atoms with Crippen LogP contribution in [-0.4, -0.2) is 30.5 Å². The van der Waals surface area contributed by atoms with Crippen molar-refractivity contribution in [3.63, 3.8) is 0 Å². The van der Waals surface area contributed by atoms with Gasteiger partial charge in [-0.3, -0.25) is 9.59 Å². The first kappa shape index (κ1) is 23.8. The summed E-state index contributed by atoms with van der Waals surface area (Å²) in [5.74, 6) is -0.888.